The van der Waals surface area contributed by atoms with E-state index in [9.17, 15) is 0 Å². The van der Waals surface area contributed by atoms with Crippen molar-refractivity contribution in [2.45, 2.75) is 19.3 Å². The highest BCUT2D eigenvalue weighted by molar-refractivity contribution is 5.21. The van der Waals surface area contributed by atoms with Crippen molar-refractivity contribution >= 4 is 0 Å². The predicted molar refractivity (Wildman–Crippen MR) is 46.2 cm³/mol. The number of hydrogen-bond donors (Lipinski definition) is 0. The van der Waals surface area contributed by atoms with Gasteiger partial charge in [-0.1, -0.05) is 23.8 Å². The lowest BCUT2D eigenvalue weighted by atomic mass is 10.0. The molecule has 2 aliphatic rings. The highest BCUT2D eigenvalue weighted by Crippen LogP contribution is 2.22. The third-order valence-electron chi connectivity index (χ3n) is 2.03. The molecule has 64 valence electrons. The Morgan fingerprint density at radius 2 is 2.42 bits per heavy atom. The topological polar surface area (TPSA) is 18.5 Å². The molecule has 2 heteroatoms. The van der Waals surface area contributed by atoms with Crippen molar-refractivity contribution in [3.05, 3.63) is 35.8 Å². The van der Waals surface area contributed by atoms with Gasteiger partial charge in [0.25, 0.3) is 0 Å². The molecule has 0 fully saturated rings. The Hall–Kier alpha value is -1.18. The molecule has 1 heterocycles. The van der Waals surface area contributed by atoms with Crippen LogP contribution in [0.2, 0.25) is 0 Å². The average molecular weight is 164 g/mol. The predicted octanol–water partition coefficient (Wildman–Crippen LogP) is 2.50. The molecule has 0 radical (unpaired) electrons. The molecule has 0 saturated carbocycles. The van der Waals surface area contributed by atoms with E-state index in [2.05, 4.69) is 18.2 Å². The summed E-state index contributed by atoms with van der Waals surface area (Å²) in [6.07, 6.45) is 11.4. The average Bonchev–Trinajstić information content (AvgIpc) is 2.59. The van der Waals surface area contributed by atoms with Gasteiger partial charge in [-0.3, -0.25) is 0 Å². The molecule has 0 amide bonds. The molecule has 1 aliphatic carbocycles. The molecule has 0 spiro atoms. The molecular formula is C10H12O2. The summed E-state index contributed by atoms with van der Waals surface area (Å²) in [4.78, 5) is 0. The summed E-state index contributed by atoms with van der Waals surface area (Å²) in [6.45, 7) is 0.387. The maximum Gasteiger partial charge on any atom is 0.229 e. The Bertz CT molecular complexity index is 249. The van der Waals surface area contributed by atoms with Crippen molar-refractivity contribution in [2.75, 3.05) is 6.79 Å². The quantitative estimate of drug-likeness (QED) is 0.624. The van der Waals surface area contributed by atoms with Crippen molar-refractivity contribution in [1.29, 1.82) is 0 Å². The Morgan fingerprint density at radius 3 is 3.08 bits per heavy atom. The van der Waals surface area contributed by atoms with Gasteiger partial charge in [-0.05, 0) is 12.8 Å². The highest BCUT2D eigenvalue weighted by Gasteiger charge is 2.09. The van der Waals surface area contributed by atoms with Crippen LogP contribution in [0.1, 0.15) is 19.3 Å². The molecule has 1 aliphatic heterocycles. The zero-order chi connectivity index (χ0) is 8.23. The SMILES string of the molecule is C1=CCCC(CC2=COCO2)=C1. The Kier molecular flexibility index (Phi) is 2.16. The Labute approximate surface area is 72.2 Å². The lowest BCUT2D eigenvalue weighted by Gasteiger charge is -2.07. The minimum absolute atomic E-state index is 0.387. The zero-order valence-electron chi connectivity index (χ0n) is 6.95. The van der Waals surface area contributed by atoms with Gasteiger partial charge in [0.1, 0.15) is 12.0 Å². The standard InChI is InChI=1S/C10H12O2/c1-2-4-9(5-3-1)6-10-7-11-8-12-10/h1-2,4,7H,3,5-6,8H2. The summed E-state index contributed by atoms with van der Waals surface area (Å²) in [5.41, 5.74) is 1.43. The van der Waals surface area contributed by atoms with Crippen molar-refractivity contribution < 1.29 is 9.47 Å². The van der Waals surface area contributed by atoms with E-state index >= 15 is 0 Å². The van der Waals surface area contributed by atoms with Crippen LogP contribution in [0.5, 0.6) is 0 Å². The van der Waals surface area contributed by atoms with Crippen LogP contribution in [0.4, 0.5) is 0 Å². The molecule has 0 bridgehead atoms. The third kappa shape index (κ3) is 1.70. The van der Waals surface area contributed by atoms with Crippen LogP contribution in [0, 0.1) is 0 Å². The number of rotatable bonds is 2. The molecule has 0 atom stereocenters. The maximum absolute atomic E-state index is 5.23. The van der Waals surface area contributed by atoms with Crippen LogP contribution in [0.3, 0.4) is 0 Å². The second-order valence-corrected chi connectivity index (χ2v) is 2.98. The summed E-state index contributed by atoms with van der Waals surface area (Å²) < 4.78 is 10.2. The highest BCUT2D eigenvalue weighted by atomic mass is 16.7. The minimum atomic E-state index is 0.387. The van der Waals surface area contributed by atoms with Gasteiger partial charge in [0, 0.05) is 6.42 Å². The molecule has 0 unspecified atom stereocenters. The normalized spacial score (nSPS) is 21.0. The third-order valence-corrected chi connectivity index (χ3v) is 2.03. The fourth-order valence-electron chi connectivity index (χ4n) is 1.39. The van der Waals surface area contributed by atoms with Gasteiger partial charge in [-0.2, -0.15) is 0 Å². The fraction of sp³-hybridized carbons (Fsp3) is 0.400. The van der Waals surface area contributed by atoms with Gasteiger partial charge < -0.3 is 9.47 Å². The van der Waals surface area contributed by atoms with Gasteiger partial charge in [-0.25, -0.2) is 0 Å². The van der Waals surface area contributed by atoms with E-state index in [1.807, 2.05) is 0 Å². The number of allylic oxidation sites excluding steroid dienone is 4. The van der Waals surface area contributed by atoms with E-state index in [-0.39, 0.29) is 0 Å². The van der Waals surface area contributed by atoms with Gasteiger partial charge >= 0.3 is 0 Å². The van der Waals surface area contributed by atoms with E-state index in [1.54, 1.807) is 6.26 Å². The van der Waals surface area contributed by atoms with E-state index < -0.39 is 0 Å². The smallest absolute Gasteiger partial charge is 0.229 e. The van der Waals surface area contributed by atoms with Crippen molar-refractivity contribution in [1.82, 2.24) is 0 Å². The minimum Gasteiger partial charge on any atom is -0.462 e. The molecule has 2 nitrogen and oxygen atoms in total. The fourth-order valence-corrected chi connectivity index (χ4v) is 1.39. The molecule has 0 saturated heterocycles. The van der Waals surface area contributed by atoms with E-state index in [0.717, 1.165) is 25.0 Å². The maximum atomic E-state index is 5.23. The van der Waals surface area contributed by atoms with Crippen molar-refractivity contribution in [3.8, 4) is 0 Å². The van der Waals surface area contributed by atoms with E-state index in [4.69, 9.17) is 9.47 Å². The van der Waals surface area contributed by atoms with Gasteiger partial charge in [0.15, 0.2) is 0 Å². The van der Waals surface area contributed by atoms with Gasteiger partial charge in [-0.15, -0.1) is 0 Å². The van der Waals surface area contributed by atoms with Gasteiger partial charge in [0.2, 0.25) is 6.79 Å². The van der Waals surface area contributed by atoms with Crippen LogP contribution in [-0.4, -0.2) is 6.79 Å². The van der Waals surface area contributed by atoms with Crippen LogP contribution in [0.25, 0.3) is 0 Å². The summed E-state index contributed by atoms with van der Waals surface area (Å²) >= 11 is 0. The summed E-state index contributed by atoms with van der Waals surface area (Å²) in [5.74, 6) is 0.955. The largest absolute Gasteiger partial charge is 0.462 e. The Balaban J connectivity index is 1.93. The van der Waals surface area contributed by atoms with E-state index in [0.29, 0.717) is 6.79 Å². The van der Waals surface area contributed by atoms with Crippen LogP contribution >= 0.6 is 0 Å². The zero-order valence-corrected chi connectivity index (χ0v) is 6.95. The van der Waals surface area contributed by atoms with E-state index in [1.165, 1.54) is 5.57 Å². The van der Waals surface area contributed by atoms with Crippen molar-refractivity contribution in [2.24, 2.45) is 0 Å². The lowest BCUT2D eigenvalue weighted by molar-refractivity contribution is 0.0789. The van der Waals surface area contributed by atoms with Crippen molar-refractivity contribution in [3.63, 3.8) is 0 Å². The summed E-state index contributed by atoms with van der Waals surface area (Å²) in [6, 6.07) is 0. The first-order chi connectivity index (χ1) is 5.95. The van der Waals surface area contributed by atoms with Crippen LogP contribution in [0.15, 0.2) is 35.8 Å². The molecule has 0 aromatic rings. The molecule has 2 rings (SSSR count). The second-order valence-electron chi connectivity index (χ2n) is 2.98. The summed E-state index contributed by atoms with van der Waals surface area (Å²) in [5, 5.41) is 0. The molecule has 0 aromatic carbocycles. The summed E-state index contributed by atoms with van der Waals surface area (Å²) in [7, 11) is 0. The molecular weight excluding hydrogens is 152 g/mol. The van der Waals surface area contributed by atoms with Gasteiger partial charge in [0.05, 0.1) is 0 Å². The molecule has 12 heavy (non-hydrogen) atoms. The first-order valence-corrected chi connectivity index (χ1v) is 4.23. The van der Waals surface area contributed by atoms with Crippen LogP contribution < -0.4 is 0 Å². The molecule has 0 aromatic heterocycles. The Morgan fingerprint density at radius 1 is 1.42 bits per heavy atom. The number of ether oxygens (including phenoxy) is 2. The van der Waals surface area contributed by atoms with Crippen LogP contribution in [-0.2, 0) is 9.47 Å². The first-order valence-electron chi connectivity index (χ1n) is 4.23. The molecule has 0 N–H and O–H groups in total. The first kappa shape index (κ1) is 7.47. The monoisotopic (exact) mass is 164 g/mol. The second kappa shape index (κ2) is 3.48. The number of hydrogen-bond acceptors (Lipinski definition) is 2. The lowest BCUT2D eigenvalue weighted by Crippen LogP contribution is -1.92.